The van der Waals surface area contributed by atoms with Crippen LogP contribution in [0.1, 0.15) is 11.4 Å². The molecule has 0 unspecified atom stereocenters. The zero-order chi connectivity index (χ0) is 9.97. The van der Waals surface area contributed by atoms with E-state index in [1.54, 1.807) is 6.33 Å². The summed E-state index contributed by atoms with van der Waals surface area (Å²) in [4.78, 5) is 4.90. The molecule has 2 aromatic rings. The molecule has 0 bridgehead atoms. The van der Waals surface area contributed by atoms with Gasteiger partial charge in [0.2, 0.25) is 0 Å². The Labute approximate surface area is 87.0 Å². The third-order valence-corrected chi connectivity index (χ3v) is 2.09. The molecule has 5 heteroatoms. The Bertz CT molecular complexity index is 404. The third-order valence-electron chi connectivity index (χ3n) is 1.83. The number of benzene rings is 1. The molecule has 0 aliphatic rings. The molecule has 0 spiro atoms. The van der Waals surface area contributed by atoms with Gasteiger partial charge in [-0.25, -0.2) is 4.98 Å². The molecule has 72 valence electrons. The molecule has 0 aliphatic heterocycles. The number of H-pyrrole nitrogens is 1. The first-order chi connectivity index (χ1) is 6.74. The highest BCUT2D eigenvalue weighted by Crippen LogP contribution is 2.16. The summed E-state index contributed by atoms with van der Waals surface area (Å²) >= 11 is 4.25. The van der Waals surface area contributed by atoms with Crippen LogP contribution in [-0.2, 0) is 6.42 Å². The summed E-state index contributed by atoms with van der Waals surface area (Å²) in [5.74, 6) is 0.753. The standard InChI is InChI=1S/C9H10N4S/c10-7-1-6(2-8(14)4-7)3-9-11-5-12-13-9/h1-2,4-5,14H,3,10H2,(H,11,12,13). The third kappa shape index (κ3) is 2.05. The fourth-order valence-corrected chi connectivity index (χ4v) is 1.62. The van der Waals surface area contributed by atoms with Crippen molar-refractivity contribution in [1.29, 1.82) is 0 Å². The second kappa shape index (κ2) is 3.71. The number of hydrogen-bond acceptors (Lipinski definition) is 4. The van der Waals surface area contributed by atoms with Gasteiger partial charge in [0.1, 0.15) is 6.33 Å². The number of aromatic amines is 1. The Kier molecular flexibility index (Phi) is 2.41. The molecule has 1 aromatic carbocycles. The van der Waals surface area contributed by atoms with Gasteiger partial charge in [-0.05, 0) is 23.8 Å². The molecule has 1 aromatic heterocycles. The number of nitrogens with two attached hydrogens (primary N) is 1. The monoisotopic (exact) mass is 206 g/mol. The van der Waals surface area contributed by atoms with Gasteiger partial charge in [-0.1, -0.05) is 0 Å². The fourth-order valence-electron chi connectivity index (χ4n) is 1.31. The van der Waals surface area contributed by atoms with Crippen molar-refractivity contribution in [3.8, 4) is 0 Å². The van der Waals surface area contributed by atoms with E-state index in [2.05, 4.69) is 27.8 Å². The molecule has 1 heterocycles. The Morgan fingerprint density at radius 2 is 2.21 bits per heavy atom. The molecule has 14 heavy (non-hydrogen) atoms. The molecule has 0 atom stereocenters. The first kappa shape index (κ1) is 9.08. The predicted octanol–water partition coefficient (Wildman–Crippen LogP) is 1.27. The Balaban J connectivity index is 2.25. The van der Waals surface area contributed by atoms with Crippen LogP contribution in [0.25, 0.3) is 0 Å². The smallest absolute Gasteiger partial charge is 0.154 e. The zero-order valence-corrected chi connectivity index (χ0v) is 8.33. The number of rotatable bonds is 2. The van der Waals surface area contributed by atoms with E-state index < -0.39 is 0 Å². The lowest BCUT2D eigenvalue weighted by Crippen LogP contribution is -1.93. The van der Waals surface area contributed by atoms with Crippen LogP contribution in [0, 0.1) is 0 Å². The largest absolute Gasteiger partial charge is 0.399 e. The topological polar surface area (TPSA) is 67.6 Å². The Hall–Kier alpha value is -1.49. The first-order valence-corrected chi connectivity index (χ1v) is 4.62. The highest BCUT2D eigenvalue weighted by Gasteiger charge is 2.01. The quantitative estimate of drug-likeness (QED) is 0.512. The first-order valence-electron chi connectivity index (χ1n) is 4.17. The summed E-state index contributed by atoms with van der Waals surface area (Å²) in [6.45, 7) is 0. The van der Waals surface area contributed by atoms with Gasteiger partial charge >= 0.3 is 0 Å². The van der Waals surface area contributed by atoms with Crippen molar-refractivity contribution in [2.24, 2.45) is 0 Å². The van der Waals surface area contributed by atoms with Crippen LogP contribution >= 0.6 is 12.6 Å². The van der Waals surface area contributed by atoms with E-state index in [9.17, 15) is 0 Å². The average Bonchev–Trinajstić information content (AvgIpc) is 2.54. The molecule has 0 radical (unpaired) electrons. The predicted molar refractivity (Wildman–Crippen MR) is 57.3 cm³/mol. The van der Waals surface area contributed by atoms with Gasteiger partial charge in [-0.3, -0.25) is 5.10 Å². The van der Waals surface area contributed by atoms with E-state index in [4.69, 9.17) is 5.73 Å². The van der Waals surface area contributed by atoms with E-state index in [0.717, 1.165) is 16.3 Å². The minimum absolute atomic E-state index is 0.669. The fraction of sp³-hybridized carbons (Fsp3) is 0.111. The number of nitrogens with zero attached hydrogens (tertiary/aromatic N) is 2. The number of nitrogens with one attached hydrogen (secondary N) is 1. The molecule has 0 aliphatic carbocycles. The molecule has 0 saturated heterocycles. The van der Waals surface area contributed by atoms with Gasteiger partial charge in [0, 0.05) is 17.0 Å². The second-order valence-corrected chi connectivity index (χ2v) is 3.54. The van der Waals surface area contributed by atoms with Gasteiger partial charge in [0.15, 0.2) is 5.82 Å². The highest BCUT2D eigenvalue weighted by atomic mass is 32.1. The summed E-state index contributed by atoms with van der Waals surface area (Å²) in [6.07, 6.45) is 2.23. The minimum Gasteiger partial charge on any atom is -0.399 e. The van der Waals surface area contributed by atoms with Crippen molar-refractivity contribution in [1.82, 2.24) is 15.2 Å². The van der Waals surface area contributed by atoms with Gasteiger partial charge in [0.05, 0.1) is 0 Å². The lowest BCUT2D eigenvalue weighted by molar-refractivity contribution is 0.970. The lowest BCUT2D eigenvalue weighted by Gasteiger charge is -2.01. The summed E-state index contributed by atoms with van der Waals surface area (Å²) in [5.41, 5.74) is 7.47. The van der Waals surface area contributed by atoms with Gasteiger partial charge < -0.3 is 5.73 Å². The van der Waals surface area contributed by atoms with Crippen LogP contribution in [0.4, 0.5) is 5.69 Å². The summed E-state index contributed by atoms with van der Waals surface area (Å²) in [5, 5.41) is 6.64. The van der Waals surface area contributed by atoms with Crippen molar-refractivity contribution in [3.63, 3.8) is 0 Å². The summed E-state index contributed by atoms with van der Waals surface area (Å²) in [6, 6.07) is 5.66. The second-order valence-electron chi connectivity index (χ2n) is 3.02. The minimum atomic E-state index is 0.669. The number of aromatic nitrogens is 3. The zero-order valence-electron chi connectivity index (χ0n) is 7.44. The van der Waals surface area contributed by atoms with Crippen LogP contribution in [-0.4, -0.2) is 15.2 Å². The molecular weight excluding hydrogens is 196 g/mol. The van der Waals surface area contributed by atoms with Crippen LogP contribution in [0.5, 0.6) is 0 Å². The van der Waals surface area contributed by atoms with Crippen molar-refractivity contribution < 1.29 is 0 Å². The van der Waals surface area contributed by atoms with Crippen molar-refractivity contribution >= 4 is 18.3 Å². The maximum atomic E-state index is 5.69. The summed E-state index contributed by atoms with van der Waals surface area (Å²) in [7, 11) is 0. The highest BCUT2D eigenvalue weighted by molar-refractivity contribution is 7.80. The lowest BCUT2D eigenvalue weighted by atomic mass is 10.1. The van der Waals surface area contributed by atoms with E-state index in [-0.39, 0.29) is 0 Å². The number of anilines is 1. The van der Waals surface area contributed by atoms with Gasteiger partial charge in [-0.2, -0.15) is 5.10 Å². The molecule has 0 amide bonds. The van der Waals surface area contributed by atoms with E-state index in [1.807, 2.05) is 18.2 Å². The van der Waals surface area contributed by atoms with Gasteiger partial charge in [0.25, 0.3) is 0 Å². The molecule has 2 rings (SSSR count). The molecule has 0 fully saturated rings. The molecule has 3 N–H and O–H groups in total. The van der Waals surface area contributed by atoms with Crippen molar-refractivity contribution in [3.05, 3.63) is 35.9 Å². The maximum Gasteiger partial charge on any atom is 0.154 e. The van der Waals surface area contributed by atoms with Crippen LogP contribution < -0.4 is 5.73 Å². The van der Waals surface area contributed by atoms with Crippen molar-refractivity contribution in [2.45, 2.75) is 11.3 Å². The SMILES string of the molecule is Nc1cc(S)cc(Cc2nc[nH]n2)c1. The maximum absolute atomic E-state index is 5.69. The molecule has 4 nitrogen and oxygen atoms in total. The average molecular weight is 206 g/mol. The van der Waals surface area contributed by atoms with E-state index in [0.29, 0.717) is 12.1 Å². The van der Waals surface area contributed by atoms with E-state index in [1.165, 1.54) is 0 Å². The molecule has 0 saturated carbocycles. The van der Waals surface area contributed by atoms with Gasteiger partial charge in [-0.15, -0.1) is 12.6 Å². The Morgan fingerprint density at radius 1 is 1.36 bits per heavy atom. The van der Waals surface area contributed by atoms with E-state index >= 15 is 0 Å². The molecular formula is C9H10N4S. The Morgan fingerprint density at radius 3 is 2.86 bits per heavy atom. The van der Waals surface area contributed by atoms with Crippen LogP contribution in [0.15, 0.2) is 29.4 Å². The normalized spacial score (nSPS) is 10.4. The number of hydrogen-bond donors (Lipinski definition) is 3. The van der Waals surface area contributed by atoms with Crippen LogP contribution in [0.3, 0.4) is 0 Å². The van der Waals surface area contributed by atoms with Crippen LogP contribution in [0.2, 0.25) is 0 Å². The summed E-state index contributed by atoms with van der Waals surface area (Å²) < 4.78 is 0. The number of thiol groups is 1. The van der Waals surface area contributed by atoms with Crippen molar-refractivity contribution in [2.75, 3.05) is 5.73 Å². The number of nitrogen functional groups attached to an aromatic ring is 1.